The molecule has 1 aliphatic heterocycles. The van der Waals surface area contributed by atoms with Crippen LogP contribution in [-0.2, 0) is 17.8 Å². The van der Waals surface area contributed by atoms with Crippen molar-refractivity contribution in [1.82, 2.24) is 10.2 Å². The Hall–Kier alpha value is -4.00. The molecule has 0 fully saturated rings. The topological polar surface area (TPSA) is 85.5 Å². The van der Waals surface area contributed by atoms with Crippen LogP contribution in [0.1, 0.15) is 11.1 Å². The number of amides is 1. The maximum absolute atomic E-state index is 12.7. The van der Waals surface area contributed by atoms with Gasteiger partial charge in [0.15, 0.2) is 17.3 Å². The first-order valence-corrected chi connectivity index (χ1v) is 10.1. The normalized spacial score (nSPS) is 12.5. The molecule has 0 saturated carbocycles. The molecule has 3 aromatic carbocycles. The summed E-state index contributed by atoms with van der Waals surface area (Å²) in [4.78, 5) is 12.7. The Kier molecular flexibility index (Phi) is 5.14. The minimum Gasteiger partial charge on any atom is -0.488 e. The smallest absolute Gasteiger partial charge is 0.230 e. The van der Waals surface area contributed by atoms with E-state index in [0.717, 1.165) is 22.0 Å². The van der Waals surface area contributed by atoms with Gasteiger partial charge in [-0.2, -0.15) is 5.10 Å². The molecule has 5 rings (SSSR count). The lowest BCUT2D eigenvalue weighted by molar-refractivity contribution is -0.115. The lowest BCUT2D eigenvalue weighted by Gasteiger charge is -2.18. The number of hydrogen-bond donors (Lipinski definition) is 2. The largest absolute Gasteiger partial charge is 0.488 e. The van der Waals surface area contributed by atoms with Crippen molar-refractivity contribution >= 4 is 22.6 Å². The van der Waals surface area contributed by atoms with E-state index >= 15 is 0 Å². The zero-order valence-corrected chi connectivity index (χ0v) is 16.8. The molecule has 0 bridgehead atoms. The molecule has 2 heterocycles. The predicted molar refractivity (Wildman–Crippen MR) is 117 cm³/mol. The summed E-state index contributed by atoms with van der Waals surface area (Å²) in [7, 11) is 0. The molecule has 0 spiro atoms. The van der Waals surface area contributed by atoms with Gasteiger partial charge in [0.1, 0.15) is 25.6 Å². The first kappa shape index (κ1) is 19.0. The Bertz CT molecular complexity index is 1220. The maximum atomic E-state index is 12.7. The molecule has 7 nitrogen and oxygen atoms in total. The molecule has 7 heteroatoms. The Morgan fingerprint density at radius 3 is 2.68 bits per heavy atom. The highest BCUT2D eigenvalue weighted by molar-refractivity contribution is 6.03. The average Bonchev–Trinajstić information content (AvgIpc) is 3.21. The SMILES string of the molecule is O=C(Cc1ccc2c(c1)OCCO2)Nc1n[nH]c2cccc(OCc3ccccc3)c12. The third-order valence-electron chi connectivity index (χ3n) is 5.02. The van der Waals surface area contributed by atoms with Gasteiger partial charge in [-0.3, -0.25) is 9.89 Å². The number of aromatic nitrogens is 2. The lowest BCUT2D eigenvalue weighted by atomic mass is 10.1. The molecule has 0 atom stereocenters. The van der Waals surface area contributed by atoms with Crippen LogP contribution in [-0.4, -0.2) is 29.3 Å². The molecular weight excluding hydrogens is 394 g/mol. The van der Waals surface area contributed by atoms with Crippen molar-refractivity contribution < 1.29 is 19.0 Å². The minimum atomic E-state index is -0.178. The van der Waals surface area contributed by atoms with Crippen LogP contribution < -0.4 is 19.5 Å². The third kappa shape index (κ3) is 4.16. The average molecular weight is 415 g/mol. The minimum absolute atomic E-state index is 0.178. The molecule has 2 N–H and O–H groups in total. The third-order valence-corrected chi connectivity index (χ3v) is 5.02. The Balaban J connectivity index is 1.32. The number of aromatic amines is 1. The number of ether oxygens (including phenoxy) is 3. The van der Waals surface area contributed by atoms with Crippen LogP contribution in [0.3, 0.4) is 0 Å². The summed E-state index contributed by atoms with van der Waals surface area (Å²) in [6, 6.07) is 21.1. The Morgan fingerprint density at radius 2 is 1.81 bits per heavy atom. The van der Waals surface area contributed by atoms with Crippen molar-refractivity contribution in [3.8, 4) is 17.2 Å². The summed E-state index contributed by atoms with van der Waals surface area (Å²) in [6.07, 6.45) is 0.192. The number of nitrogens with zero attached hydrogens (tertiary/aromatic N) is 1. The van der Waals surface area contributed by atoms with Crippen molar-refractivity contribution in [2.75, 3.05) is 18.5 Å². The second-order valence-corrected chi connectivity index (χ2v) is 7.23. The standard InChI is InChI=1S/C24H21N3O4/c28-22(14-17-9-10-19-21(13-17)30-12-11-29-19)25-24-23-18(26-27-24)7-4-8-20(23)31-15-16-5-2-1-3-6-16/h1-10,13H,11-12,14-15H2,(H2,25,26,27,28). The molecule has 156 valence electrons. The molecule has 0 aliphatic carbocycles. The summed E-state index contributed by atoms with van der Waals surface area (Å²) < 4.78 is 17.2. The number of hydrogen-bond acceptors (Lipinski definition) is 5. The highest BCUT2D eigenvalue weighted by Crippen LogP contribution is 2.32. The van der Waals surface area contributed by atoms with Gasteiger partial charge < -0.3 is 19.5 Å². The highest BCUT2D eigenvalue weighted by Gasteiger charge is 2.16. The van der Waals surface area contributed by atoms with Gasteiger partial charge in [0.25, 0.3) is 0 Å². The van der Waals surface area contributed by atoms with Gasteiger partial charge in [-0.1, -0.05) is 42.5 Å². The number of carbonyl (C=O) groups is 1. The lowest BCUT2D eigenvalue weighted by Crippen LogP contribution is -2.17. The molecule has 31 heavy (non-hydrogen) atoms. The fraction of sp³-hybridized carbons (Fsp3) is 0.167. The van der Waals surface area contributed by atoms with Gasteiger partial charge in [0.05, 0.1) is 17.3 Å². The number of carbonyl (C=O) groups excluding carboxylic acids is 1. The number of H-pyrrole nitrogens is 1. The van der Waals surface area contributed by atoms with E-state index in [0.29, 0.717) is 42.9 Å². The fourth-order valence-corrected chi connectivity index (χ4v) is 3.55. The molecule has 0 saturated heterocycles. The van der Waals surface area contributed by atoms with Gasteiger partial charge in [0, 0.05) is 0 Å². The van der Waals surface area contributed by atoms with E-state index in [2.05, 4.69) is 15.5 Å². The molecule has 0 radical (unpaired) electrons. The zero-order chi connectivity index (χ0) is 21.0. The van der Waals surface area contributed by atoms with Crippen LogP contribution in [0, 0.1) is 0 Å². The van der Waals surface area contributed by atoms with Crippen molar-refractivity contribution in [3.05, 3.63) is 77.9 Å². The van der Waals surface area contributed by atoms with E-state index < -0.39 is 0 Å². The van der Waals surface area contributed by atoms with Crippen LogP contribution in [0.4, 0.5) is 5.82 Å². The van der Waals surface area contributed by atoms with Crippen molar-refractivity contribution in [2.45, 2.75) is 13.0 Å². The van der Waals surface area contributed by atoms with E-state index in [-0.39, 0.29) is 12.3 Å². The molecular formula is C24H21N3O4. The van der Waals surface area contributed by atoms with E-state index in [9.17, 15) is 4.79 Å². The van der Waals surface area contributed by atoms with Gasteiger partial charge in [-0.25, -0.2) is 0 Å². The monoisotopic (exact) mass is 415 g/mol. The summed E-state index contributed by atoms with van der Waals surface area (Å²) in [5, 5.41) is 10.9. The van der Waals surface area contributed by atoms with Gasteiger partial charge >= 0.3 is 0 Å². The fourth-order valence-electron chi connectivity index (χ4n) is 3.55. The van der Waals surface area contributed by atoms with Gasteiger partial charge in [0.2, 0.25) is 5.91 Å². The maximum Gasteiger partial charge on any atom is 0.230 e. The van der Waals surface area contributed by atoms with E-state index in [1.807, 2.05) is 66.7 Å². The number of fused-ring (bicyclic) bond motifs is 2. The van der Waals surface area contributed by atoms with Crippen LogP contribution in [0.25, 0.3) is 10.9 Å². The van der Waals surface area contributed by atoms with Crippen molar-refractivity contribution in [3.63, 3.8) is 0 Å². The summed E-state index contributed by atoms with van der Waals surface area (Å²) in [6.45, 7) is 1.47. The van der Waals surface area contributed by atoms with Crippen LogP contribution in [0.15, 0.2) is 66.7 Å². The number of nitrogens with one attached hydrogen (secondary N) is 2. The van der Waals surface area contributed by atoms with Crippen LogP contribution in [0.5, 0.6) is 17.2 Å². The van der Waals surface area contributed by atoms with Gasteiger partial charge in [-0.05, 0) is 35.4 Å². The van der Waals surface area contributed by atoms with Gasteiger partial charge in [-0.15, -0.1) is 0 Å². The number of benzene rings is 3. The number of rotatable bonds is 6. The molecule has 1 aromatic heterocycles. The van der Waals surface area contributed by atoms with E-state index in [4.69, 9.17) is 14.2 Å². The quantitative estimate of drug-likeness (QED) is 0.495. The second kappa shape index (κ2) is 8.39. The summed E-state index contributed by atoms with van der Waals surface area (Å²) in [5.41, 5.74) is 2.69. The molecule has 4 aromatic rings. The molecule has 0 unspecified atom stereocenters. The zero-order valence-electron chi connectivity index (χ0n) is 16.8. The van der Waals surface area contributed by atoms with Crippen molar-refractivity contribution in [2.24, 2.45) is 0 Å². The first-order valence-electron chi connectivity index (χ1n) is 10.1. The second-order valence-electron chi connectivity index (χ2n) is 7.23. The van der Waals surface area contributed by atoms with Crippen LogP contribution in [0.2, 0.25) is 0 Å². The Labute approximate surface area is 178 Å². The molecule has 1 amide bonds. The summed E-state index contributed by atoms with van der Waals surface area (Å²) in [5.74, 6) is 2.29. The van der Waals surface area contributed by atoms with Crippen molar-refractivity contribution in [1.29, 1.82) is 0 Å². The number of anilines is 1. The van der Waals surface area contributed by atoms with Crippen LogP contribution >= 0.6 is 0 Å². The highest BCUT2D eigenvalue weighted by atomic mass is 16.6. The Morgan fingerprint density at radius 1 is 0.968 bits per heavy atom. The first-order chi connectivity index (χ1) is 15.3. The van der Waals surface area contributed by atoms with E-state index in [1.54, 1.807) is 0 Å². The van der Waals surface area contributed by atoms with E-state index in [1.165, 1.54) is 0 Å². The molecule has 1 aliphatic rings. The predicted octanol–water partition coefficient (Wildman–Crippen LogP) is 4.09. The summed E-state index contributed by atoms with van der Waals surface area (Å²) >= 11 is 0.